The van der Waals surface area contributed by atoms with Crippen LogP contribution in [0.1, 0.15) is 59.2 Å². The average Bonchev–Trinajstić information content (AvgIpc) is 3.35. The third kappa shape index (κ3) is 2.48. The molecule has 2 atom stereocenters. The third-order valence-corrected chi connectivity index (χ3v) is 5.82. The molecule has 1 aliphatic carbocycles. The van der Waals surface area contributed by atoms with Crippen LogP contribution in [-0.4, -0.2) is 14.7 Å². The van der Waals surface area contributed by atoms with Crippen molar-refractivity contribution in [1.29, 1.82) is 5.26 Å². The molecule has 0 spiro atoms. The molecular formula is C22H18FN3O. The Kier molecular flexibility index (Phi) is 3.46. The first-order valence-electron chi connectivity index (χ1n) is 9.15. The van der Waals surface area contributed by atoms with Crippen LogP contribution in [0.15, 0.2) is 55.0 Å². The van der Waals surface area contributed by atoms with E-state index < -0.39 is 11.4 Å². The second-order valence-electron chi connectivity index (χ2n) is 7.51. The van der Waals surface area contributed by atoms with Gasteiger partial charge in [0.1, 0.15) is 11.4 Å². The van der Waals surface area contributed by atoms with Gasteiger partial charge in [-0.05, 0) is 42.0 Å². The van der Waals surface area contributed by atoms with Gasteiger partial charge in [0.25, 0.3) is 0 Å². The molecule has 2 heterocycles. The number of aromatic nitrogens is 2. The summed E-state index contributed by atoms with van der Waals surface area (Å²) in [6.07, 6.45) is 6.02. The van der Waals surface area contributed by atoms with Crippen molar-refractivity contribution in [3.05, 3.63) is 88.8 Å². The fourth-order valence-corrected chi connectivity index (χ4v) is 4.22. The Morgan fingerprint density at radius 3 is 2.81 bits per heavy atom. The summed E-state index contributed by atoms with van der Waals surface area (Å²) in [5.74, 6) is 0.154. The lowest BCUT2D eigenvalue weighted by molar-refractivity contribution is 0.0792. The van der Waals surface area contributed by atoms with Gasteiger partial charge >= 0.3 is 0 Å². The highest BCUT2D eigenvalue weighted by Crippen LogP contribution is 2.48. The molecule has 134 valence electrons. The first kappa shape index (κ1) is 16.2. The minimum Gasteiger partial charge on any atom is -0.379 e. The Balaban J connectivity index is 1.59. The maximum atomic E-state index is 14.7. The van der Waals surface area contributed by atoms with E-state index >= 15 is 0 Å². The molecule has 5 heteroatoms. The van der Waals surface area contributed by atoms with Crippen molar-refractivity contribution in [2.45, 2.75) is 36.8 Å². The lowest BCUT2D eigenvalue weighted by Gasteiger charge is -2.24. The molecule has 0 unspecified atom stereocenters. The first-order chi connectivity index (χ1) is 13.1. The van der Waals surface area contributed by atoms with Crippen LogP contribution in [0.2, 0.25) is 0 Å². The van der Waals surface area contributed by atoms with Gasteiger partial charge in [-0.25, -0.2) is 9.37 Å². The Morgan fingerprint density at radius 2 is 2.07 bits per heavy atom. The van der Waals surface area contributed by atoms with Crippen LogP contribution in [0.4, 0.5) is 4.39 Å². The molecule has 1 saturated carbocycles. The minimum atomic E-state index is -1.22. The van der Waals surface area contributed by atoms with E-state index in [1.807, 2.05) is 22.8 Å². The van der Waals surface area contributed by atoms with E-state index in [1.165, 1.54) is 24.5 Å². The topological polar surface area (TPSA) is 61.8 Å². The number of nitrogens with zero attached hydrogens (tertiary/aromatic N) is 3. The predicted octanol–water partition coefficient (Wildman–Crippen LogP) is 4.00. The summed E-state index contributed by atoms with van der Waals surface area (Å²) in [5, 5.41) is 20.6. The molecule has 3 aromatic rings. The van der Waals surface area contributed by atoms with E-state index in [0.29, 0.717) is 23.6 Å². The third-order valence-electron chi connectivity index (χ3n) is 5.82. The predicted molar refractivity (Wildman–Crippen MR) is 97.5 cm³/mol. The lowest BCUT2D eigenvalue weighted by Crippen LogP contribution is -2.24. The molecule has 4 nitrogen and oxygen atoms in total. The van der Waals surface area contributed by atoms with Crippen LogP contribution < -0.4 is 0 Å². The van der Waals surface area contributed by atoms with Gasteiger partial charge in [-0.3, -0.25) is 0 Å². The van der Waals surface area contributed by atoms with Crippen molar-refractivity contribution in [1.82, 2.24) is 9.55 Å². The van der Waals surface area contributed by atoms with E-state index in [9.17, 15) is 9.50 Å². The Bertz CT molecular complexity index is 1080. The molecule has 27 heavy (non-hydrogen) atoms. The highest BCUT2D eigenvalue weighted by molar-refractivity contribution is 5.42. The zero-order valence-electron chi connectivity index (χ0n) is 14.6. The lowest BCUT2D eigenvalue weighted by atomic mass is 9.85. The molecule has 0 saturated heterocycles. The minimum absolute atomic E-state index is 0.285. The van der Waals surface area contributed by atoms with Gasteiger partial charge in [0, 0.05) is 12.0 Å². The monoisotopic (exact) mass is 359 g/mol. The van der Waals surface area contributed by atoms with Crippen LogP contribution in [0.5, 0.6) is 0 Å². The zero-order chi connectivity index (χ0) is 18.6. The Hall–Kier alpha value is -2.97. The smallest absolute Gasteiger partial charge is 0.133 e. The van der Waals surface area contributed by atoms with Crippen molar-refractivity contribution in [3.8, 4) is 6.07 Å². The second-order valence-corrected chi connectivity index (χ2v) is 7.51. The Labute approximate surface area is 156 Å². The van der Waals surface area contributed by atoms with Gasteiger partial charge in [0.05, 0.1) is 35.9 Å². The number of imidazole rings is 1. The maximum absolute atomic E-state index is 14.7. The number of nitriles is 1. The summed E-state index contributed by atoms with van der Waals surface area (Å²) in [5.41, 5.74) is 2.27. The van der Waals surface area contributed by atoms with E-state index in [-0.39, 0.29) is 11.6 Å². The number of halogens is 1. The normalized spacial score (nSPS) is 23.8. The van der Waals surface area contributed by atoms with Crippen LogP contribution in [-0.2, 0) is 5.60 Å². The standard InChI is InChI=1S/C22H18FN3O/c23-19-8-14(11-24)4-7-18(19)20-10-22(27,21-12-25-13-26(20)21)17-3-1-2-16(9-17)15-5-6-15/h1-4,7-9,12-13,15,20,27H,5-6,10H2/t20-,22+/m1/s1. The maximum Gasteiger partial charge on any atom is 0.133 e. The van der Waals surface area contributed by atoms with Crippen molar-refractivity contribution in [2.75, 3.05) is 0 Å². The molecule has 0 bridgehead atoms. The number of fused-ring (bicyclic) bond motifs is 1. The van der Waals surface area contributed by atoms with Crippen LogP contribution in [0.3, 0.4) is 0 Å². The average molecular weight is 359 g/mol. The fourth-order valence-electron chi connectivity index (χ4n) is 4.22. The van der Waals surface area contributed by atoms with Gasteiger partial charge in [-0.2, -0.15) is 5.26 Å². The first-order valence-corrected chi connectivity index (χ1v) is 9.15. The molecule has 5 rings (SSSR count). The number of rotatable bonds is 3. The Morgan fingerprint density at radius 1 is 1.22 bits per heavy atom. The molecule has 2 aromatic carbocycles. The van der Waals surface area contributed by atoms with Gasteiger partial charge in [0.15, 0.2) is 0 Å². The van der Waals surface area contributed by atoms with Gasteiger partial charge in [0.2, 0.25) is 0 Å². The fraction of sp³-hybridized carbons (Fsp3) is 0.273. The second kappa shape index (κ2) is 5.77. The summed E-state index contributed by atoms with van der Waals surface area (Å²) in [4.78, 5) is 4.20. The van der Waals surface area contributed by atoms with Crippen molar-refractivity contribution in [2.24, 2.45) is 0 Å². The quantitative estimate of drug-likeness (QED) is 0.769. The number of hydrogen-bond donors (Lipinski definition) is 1. The summed E-state index contributed by atoms with van der Waals surface area (Å²) in [6, 6.07) is 14.2. The van der Waals surface area contributed by atoms with E-state index in [1.54, 1.807) is 24.7 Å². The van der Waals surface area contributed by atoms with E-state index in [0.717, 1.165) is 5.56 Å². The molecule has 2 aliphatic rings. The van der Waals surface area contributed by atoms with Gasteiger partial charge in [-0.1, -0.05) is 30.3 Å². The molecule has 1 aromatic heterocycles. The number of aliphatic hydroxyl groups is 1. The summed E-state index contributed by atoms with van der Waals surface area (Å²) in [7, 11) is 0. The molecular weight excluding hydrogens is 341 g/mol. The largest absolute Gasteiger partial charge is 0.379 e. The SMILES string of the molecule is N#Cc1ccc([C@H]2C[C@](O)(c3cccc(C4CC4)c3)c3cncn32)c(F)c1. The van der Waals surface area contributed by atoms with Crippen LogP contribution in [0.25, 0.3) is 0 Å². The molecule has 1 fully saturated rings. The van der Waals surface area contributed by atoms with Crippen molar-refractivity contribution >= 4 is 0 Å². The summed E-state index contributed by atoms with van der Waals surface area (Å²) < 4.78 is 16.5. The molecule has 1 aliphatic heterocycles. The van der Waals surface area contributed by atoms with Crippen LogP contribution in [0, 0.1) is 17.1 Å². The van der Waals surface area contributed by atoms with E-state index in [2.05, 4.69) is 17.1 Å². The number of hydrogen-bond acceptors (Lipinski definition) is 3. The summed E-state index contributed by atoms with van der Waals surface area (Å²) >= 11 is 0. The molecule has 1 N–H and O–H groups in total. The highest BCUT2D eigenvalue weighted by atomic mass is 19.1. The highest BCUT2D eigenvalue weighted by Gasteiger charge is 2.45. The van der Waals surface area contributed by atoms with Crippen molar-refractivity contribution in [3.63, 3.8) is 0 Å². The molecule has 0 amide bonds. The summed E-state index contributed by atoms with van der Waals surface area (Å²) in [6.45, 7) is 0. The van der Waals surface area contributed by atoms with E-state index in [4.69, 9.17) is 5.26 Å². The number of benzene rings is 2. The van der Waals surface area contributed by atoms with Gasteiger partial charge < -0.3 is 9.67 Å². The van der Waals surface area contributed by atoms with Crippen LogP contribution >= 0.6 is 0 Å². The zero-order valence-corrected chi connectivity index (χ0v) is 14.6. The van der Waals surface area contributed by atoms with Crippen molar-refractivity contribution < 1.29 is 9.50 Å². The van der Waals surface area contributed by atoms with Gasteiger partial charge in [-0.15, -0.1) is 0 Å². The molecule has 0 radical (unpaired) electrons.